The van der Waals surface area contributed by atoms with Crippen LogP contribution < -0.4 is 4.72 Å². The topological polar surface area (TPSA) is 35.1 Å². The van der Waals surface area contributed by atoms with Crippen LogP contribution in [-0.4, -0.2) is 9.30 Å². The second-order valence-corrected chi connectivity index (χ2v) is 7.43. The van der Waals surface area contributed by atoms with E-state index >= 15 is 0 Å². The average Bonchev–Trinajstić information content (AvgIpc) is 2.26. The highest BCUT2D eigenvalue weighted by molar-refractivity contribution is 7.90. The summed E-state index contributed by atoms with van der Waals surface area (Å²) in [6.07, 6.45) is -4.75. The summed E-state index contributed by atoms with van der Waals surface area (Å²) in [5, 5.41) is 0. The molecule has 0 spiro atoms. The Hall–Kier alpha value is -0.790. The summed E-state index contributed by atoms with van der Waals surface area (Å²) >= 11 is -1.50. The van der Waals surface area contributed by atoms with Crippen LogP contribution in [0.2, 0.25) is 0 Å². The molecular formula is C13H17F4NOS. The number of alkyl halides is 3. The van der Waals surface area contributed by atoms with E-state index in [9.17, 15) is 22.1 Å². The Balaban J connectivity index is 3.03. The smallest absolute Gasteiger partial charge is 0.419 e. The van der Waals surface area contributed by atoms with Crippen LogP contribution in [0.3, 0.4) is 0 Å². The summed E-state index contributed by atoms with van der Waals surface area (Å²) in [4.78, 5) is 0. The van der Waals surface area contributed by atoms with Crippen LogP contribution in [0.15, 0.2) is 18.2 Å². The van der Waals surface area contributed by atoms with Crippen LogP contribution in [0, 0.1) is 5.82 Å². The third kappa shape index (κ3) is 4.10. The summed E-state index contributed by atoms with van der Waals surface area (Å²) in [5.74, 6) is -1.33. The molecule has 0 aliphatic heterocycles. The summed E-state index contributed by atoms with van der Waals surface area (Å²) in [5.41, 5.74) is -1.47. The standard InChI is InChI=1S/C13H17F4NOS/c1-8(18-20(19)12(2,3)4)9-6-5-7-10(11(9)14)13(15,16)17/h5-8,18H,1-4H3/t8?,20-/m0/s1. The zero-order chi connectivity index (χ0) is 15.7. The van der Waals surface area contributed by atoms with Crippen molar-refractivity contribution < 1.29 is 22.1 Å². The maximum atomic E-state index is 13.9. The molecule has 0 fully saturated rings. The molecule has 2 nitrogen and oxygen atoms in total. The van der Waals surface area contributed by atoms with Crippen molar-refractivity contribution in [3.63, 3.8) is 0 Å². The minimum Gasteiger partial charge on any atom is -0.598 e. The molecule has 0 amide bonds. The number of rotatable bonds is 3. The fourth-order valence-electron chi connectivity index (χ4n) is 1.50. The molecule has 7 heteroatoms. The Bertz CT molecular complexity index is 470. The lowest BCUT2D eigenvalue weighted by atomic mass is 10.0. The second-order valence-electron chi connectivity index (χ2n) is 5.43. The van der Waals surface area contributed by atoms with E-state index in [0.29, 0.717) is 6.07 Å². The Morgan fingerprint density at radius 3 is 2.20 bits per heavy atom. The molecule has 1 N–H and O–H groups in total. The third-order valence-electron chi connectivity index (χ3n) is 2.64. The van der Waals surface area contributed by atoms with Gasteiger partial charge in [0.2, 0.25) is 0 Å². The molecule has 1 aromatic carbocycles. The van der Waals surface area contributed by atoms with Gasteiger partial charge >= 0.3 is 6.18 Å². The first-order chi connectivity index (χ1) is 8.94. The van der Waals surface area contributed by atoms with Crippen LogP contribution >= 0.6 is 0 Å². The summed E-state index contributed by atoms with van der Waals surface area (Å²) in [7, 11) is 0. The van der Waals surface area contributed by atoms with Gasteiger partial charge in [-0.2, -0.15) is 13.2 Å². The first-order valence-corrected chi connectivity index (χ1v) is 7.13. The van der Waals surface area contributed by atoms with Crippen molar-refractivity contribution in [2.24, 2.45) is 0 Å². The Kier molecular flexibility index (Phi) is 5.10. The Morgan fingerprint density at radius 1 is 1.20 bits per heavy atom. The number of hydrogen-bond acceptors (Lipinski definition) is 2. The SMILES string of the molecule is CC(N[S@@+]([O-])C(C)(C)C)c1cccc(C(F)(F)F)c1F. The average molecular weight is 311 g/mol. The monoisotopic (exact) mass is 311 g/mol. The maximum Gasteiger partial charge on any atom is 0.419 e. The maximum absolute atomic E-state index is 13.9. The van der Waals surface area contributed by atoms with Gasteiger partial charge in [0.15, 0.2) is 0 Å². The highest BCUT2D eigenvalue weighted by Gasteiger charge is 2.36. The Morgan fingerprint density at radius 2 is 1.75 bits per heavy atom. The first-order valence-electron chi connectivity index (χ1n) is 5.98. The molecule has 20 heavy (non-hydrogen) atoms. The van der Waals surface area contributed by atoms with E-state index in [-0.39, 0.29) is 5.56 Å². The predicted molar refractivity (Wildman–Crippen MR) is 70.8 cm³/mol. The minimum atomic E-state index is -4.75. The highest BCUT2D eigenvalue weighted by Crippen LogP contribution is 2.34. The summed E-state index contributed by atoms with van der Waals surface area (Å²) in [6, 6.07) is 2.28. The second kappa shape index (κ2) is 5.91. The van der Waals surface area contributed by atoms with E-state index in [1.54, 1.807) is 20.8 Å². The molecule has 0 aliphatic rings. The lowest BCUT2D eigenvalue weighted by Crippen LogP contribution is -2.40. The van der Waals surface area contributed by atoms with Crippen molar-refractivity contribution in [1.29, 1.82) is 0 Å². The largest absolute Gasteiger partial charge is 0.598 e. The van der Waals surface area contributed by atoms with Crippen molar-refractivity contribution in [2.75, 3.05) is 0 Å². The van der Waals surface area contributed by atoms with Crippen molar-refractivity contribution in [2.45, 2.75) is 44.7 Å². The van der Waals surface area contributed by atoms with Crippen LogP contribution in [0.4, 0.5) is 17.6 Å². The minimum absolute atomic E-state index is 0.155. The van der Waals surface area contributed by atoms with Crippen molar-refractivity contribution >= 4 is 11.4 Å². The van der Waals surface area contributed by atoms with E-state index in [1.807, 2.05) is 0 Å². The molecule has 1 rings (SSSR count). The lowest BCUT2D eigenvalue weighted by Gasteiger charge is -2.27. The van der Waals surface area contributed by atoms with Gasteiger partial charge in [0, 0.05) is 16.9 Å². The number of hydrogen-bond donors (Lipinski definition) is 1. The van der Waals surface area contributed by atoms with Gasteiger partial charge in [-0.05, 0) is 33.8 Å². The van der Waals surface area contributed by atoms with Crippen molar-refractivity contribution in [1.82, 2.24) is 4.72 Å². The van der Waals surface area contributed by atoms with Crippen LogP contribution in [0.1, 0.15) is 44.9 Å². The molecule has 1 aromatic rings. The van der Waals surface area contributed by atoms with E-state index in [2.05, 4.69) is 4.72 Å². The van der Waals surface area contributed by atoms with E-state index in [1.165, 1.54) is 13.0 Å². The van der Waals surface area contributed by atoms with Gasteiger partial charge in [-0.1, -0.05) is 12.1 Å². The number of nitrogens with one attached hydrogen (secondary N) is 1. The quantitative estimate of drug-likeness (QED) is 0.677. The zero-order valence-electron chi connectivity index (χ0n) is 11.6. The summed E-state index contributed by atoms with van der Waals surface area (Å²) in [6.45, 7) is 6.62. The number of halogens is 4. The van der Waals surface area contributed by atoms with Crippen LogP contribution in [-0.2, 0) is 17.5 Å². The van der Waals surface area contributed by atoms with Crippen LogP contribution in [0.5, 0.6) is 0 Å². The molecule has 0 saturated carbocycles. The number of benzene rings is 1. The molecule has 0 aromatic heterocycles. The van der Waals surface area contributed by atoms with Gasteiger partial charge in [0.25, 0.3) is 0 Å². The van der Waals surface area contributed by atoms with Gasteiger partial charge in [0.1, 0.15) is 10.6 Å². The Labute approximate surface area is 118 Å². The molecule has 0 radical (unpaired) electrons. The van der Waals surface area contributed by atoms with Gasteiger partial charge in [-0.25, -0.2) is 4.39 Å². The van der Waals surface area contributed by atoms with Gasteiger partial charge in [0.05, 0.1) is 11.6 Å². The lowest BCUT2D eigenvalue weighted by molar-refractivity contribution is -0.140. The molecule has 0 saturated heterocycles. The van der Waals surface area contributed by atoms with Crippen molar-refractivity contribution in [3.8, 4) is 0 Å². The molecule has 114 valence electrons. The predicted octanol–water partition coefficient (Wildman–Crippen LogP) is 3.96. The molecule has 1 unspecified atom stereocenters. The van der Waals surface area contributed by atoms with E-state index in [0.717, 1.165) is 6.07 Å². The zero-order valence-corrected chi connectivity index (χ0v) is 12.5. The fraction of sp³-hybridized carbons (Fsp3) is 0.538. The molecule has 2 atom stereocenters. The first kappa shape index (κ1) is 17.3. The molecule has 0 heterocycles. The van der Waals surface area contributed by atoms with Gasteiger partial charge in [-0.15, -0.1) is 4.72 Å². The third-order valence-corrected chi connectivity index (χ3v) is 4.32. The highest BCUT2D eigenvalue weighted by atomic mass is 32.2. The van der Waals surface area contributed by atoms with Gasteiger partial charge < -0.3 is 4.55 Å². The molecular weight excluding hydrogens is 294 g/mol. The molecule has 0 bridgehead atoms. The fourth-order valence-corrected chi connectivity index (χ4v) is 2.31. The van der Waals surface area contributed by atoms with E-state index in [4.69, 9.17) is 0 Å². The normalized spacial score (nSPS) is 16.1. The van der Waals surface area contributed by atoms with Gasteiger partial charge in [-0.3, -0.25) is 0 Å². The van der Waals surface area contributed by atoms with Crippen LogP contribution in [0.25, 0.3) is 0 Å². The van der Waals surface area contributed by atoms with Crippen molar-refractivity contribution in [3.05, 3.63) is 35.1 Å². The summed E-state index contributed by atoms with van der Waals surface area (Å²) < 4.78 is 65.7. The molecule has 0 aliphatic carbocycles. The van der Waals surface area contributed by atoms with E-state index < -0.39 is 39.7 Å².